The van der Waals surface area contributed by atoms with Crippen molar-refractivity contribution in [3.05, 3.63) is 12.2 Å². The second kappa shape index (κ2) is 25.3. The highest BCUT2D eigenvalue weighted by Gasteiger charge is 2.12. The van der Waals surface area contributed by atoms with Crippen molar-refractivity contribution in [3.63, 3.8) is 0 Å². The van der Waals surface area contributed by atoms with Gasteiger partial charge in [-0.05, 0) is 31.6 Å². The van der Waals surface area contributed by atoms with E-state index in [1.165, 1.54) is 141 Å². The molecule has 0 rings (SSSR count). The summed E-state index contributed by atoms with van der Waals surface area (Å²) in [5, 5.41) is 0. The van der Waals surface area contributed by atoms with Gasteiger partial charge in [-0.25, -0.2) is 4.79 Å². The number of carbonyl (C=O) groups is 1. The van der Waals surface area contributed by atoms with Gasteiger partial charge >= 0.3 is 5.97 Å². The van der Waals surface area contributed by atoms with E-state index >= 15 is 0 Å². The van der Waals surface area contributed by atoms with Crippen LogP contribution in [0.25, 0.3) is 0 Å². The Kier molecular flexibility index (Phi) is 24.7. The zero-order valence-electron chi connectivity index (χ0n) is 23.9. The fourth-order valence-corrected chi connectivity index (χ4v) is 4.89. The summed E-state index contributed by atoms with van der Waals surface area (Å²) >= 11 is 0. The third-order valence-corrected chi connectivity index (χ3v) is 7.37. The number of hydrogen-bond acceptors (Lipinski definition) is 2. The third-order valence-electron chi connectivity index (χ3n) is 7.37. The van der Waals surface area contributed by atoms with Gasteiger partial charge in [0.2, 0.25) is 0 Å². The Morgan fingerprint density at radius 1 is 0.618 bits per heavy atom. The van der Waals surface area contributed by atoms with Gasteiger partial charge in [0.1, 0.15) is 0 Å². The van der Waals surface area contributed by atoms with E-state index in [0.717, 1.165) is 5.92 Å². The number of esters is 1. The maximum atomic E-state index is 11.9. The van der Waals surface area contributed by atoms with Crippen molar-refractivity contribution < 1.29 is 9.53 Å². The Morgan fingerprint density at radius 2 is 0.971 bits per heavy atom. The molecule has 0 bridgehead atoms. The van der Waals surface area contributed by atoms with Gasteiger partial charge in [0.15, 0.2) is 0 Å². The highest BCUT2D eigenvalue weighted by molar-refractivity contribution is 5.86. The molecule has 0 heterocycles. The number of unbranched alkanes of at least 4 members (excludes halogenated alkanes) is 15. The Balaban J connectivity index is 3.92. The van der Waals surface area contributed by atoms with E-state index < -0.39 is 0 Å². The molecule has 2 unspecified atom stereocenters. The van der Waals surface area contributed by atoms with Crippen LogP contribution < -0.4 is 0 Å². The molecule has 0 aliphatic rings. The predicted octanol–water partition coefficient (Wildman–Crippen LogP) is 11.0. The molecule has 0 saturated carbocycles. The molecule has 2 nitrogen and oxygen atoms in total. The Morgan fingerprint density at radius 3 is 1.41 bits per heavy atom. The Labute approximate surface area is 215 Å². The lowest BCUT2D eigenvalue weighted by molar-refractivity contribution is -0.140. The molecule has 0 radical (unpaired) electrons. The highest BCUT2D eigenvalue weighted by atomic mass is 16.5. The molecule has 2 atom stereocenters. The van der Waals surface area contributed by atoms with E-state index in [9.17, 15) is 4.79 Å². The van der Waals surface area contributed by atoms with Gasteiger partial charge in [-0.2, -0.15) is 0 Å². The van der Waals surface area contributed by atoms with Crippen molar-refractivity contribution >= 4 is 5.97 Å². The van der Waals surface area contributed by atoms with Gasteiger partial charge in [0.05, 0.1) is 6.61 Å². The van der Waals surface area contributed by atoms with Crippen LogP contribution in [0.15, 0.2) is 12.2 Å². The summed E-state index contributed by atoms with van der Waals surface area (Å²) in [7, 11) is 0. The Bertz CT molecular complexity index is 456. The standard InChI is InChI=1S/C32H62O2/c1-6-8-10-11-12-13-14-15-18-22-26-31(28-34-32(33)29(3)4)27-23-19-16-17-21-25-30(5)24-20-9-7-2/h30-31H,3,6-28H2,1-2,4-5H3. The molecule has 0 aliphatic carbocycles. The van der Waals surface area contributed by atoms with E-state index in [1.54, 1.807) is 6.92 Å². The molecule has 0 N–H and O–H groups in total. The zero-order chi connectivity index (χ0) is 25.3. The van der Waals surface area contributed by atoms with Gasteiger partial charge in [0, 0.05) is 5.57 Å². The van der Waals surface area contributed by atoms with Crippen LogP contribution >= 0.6 is 0 Å². The van der Waals surface area contributed by atoms with Crippen molar-refractivity contribution in [2.45, 2.75) is 169 Å². The van der Waals surface area contributed by atoms with Crippen LogP contribution in [0.2, 0.25) is 0 Å². The van der Waals surface area contributed by atoms with Crippen LogP contribution in [0.3, 0.4) is 0 Å². The minimum atomic E-state index is -0.221. The number of rotatable bonds is 26. The predicted molar refractivity (Wildman–Crippen MR) is 151 cm³/mol. The summed E-state index contributed by atoms with van der Waals surface area (Å²) in [6.45, 7) is 13.0. The van der Waals surface area contributed by atoms with E-state index in [1.807, 2.05) is 0 Å². The van der Waals surface area contributed by atoms with Gasteiger partial charge in [-0.1, -0.05) is 156 Å². The molecular weight excluding hydrogens is 416 g/mol. The van der Waals surface area contributed by atoms with Crippen LogP contribution in [-0.4, -0.2) is 12.6 Å². The minimum Gasteiger partial charge on any atom is -0.462 e. The van der Waals surface area contributed by atoms with Gasteiger partial charge in [-0.15, -0.1) is 0 Å². The summed E-state index contributed by atoms with van der Waals surface area (Å²) in [6.07, 6.45) is 29.8. The molecule has 0 aromatic heterocycles. The summed E-state index contributed by atoms with van der Waals surface area (Å²) in [4.78, 5) is 11.9. The average Bonchev–Trinajstić information content (AvgIpc) is 2.82. The van der Waals surface area contributed by atoms with Crippen LogP contribution in [0.5, 0.6) is 0 Å². The van der Waals surface area contributed by atoms with E-state index in [-0.39, 0.29) is 5.97 Å². The molecule has 0 amide bonds. The first kappa shape index (κ1) is 33.2. The maximum absolute atomic E-state index is 11.9. The summed E-state index contributed by atoms with van der Waals surface area (Å²) in [5.74, 6) is 1.21. The third kappa shape index (κ3) is 23.0. The van der Waals surface area contributed by atoms with Crippen LogP contribution in [-0.2, 0) is 9.53 Å². The van der Waals surface area contributed by atoms with Crippen LogP contribution in [0, 0.1) is 11.8 Å². The lowest BCUT2D eigenvalue weighted by Gasteiger charge is -2.17. The highest BCUT2D eigenvalue weighted by Crippen LogP contribution is 2.21. The normalized spacial score (nSPS) is 13.1. The first-order valence-corrected chi connectivity index (χ1v) is 15.3. The van der Waals surface area contributed by atoms with Crippen molar-refractivity contribution in [2.24, 2.45) is 11.8 Å². The lowest BCUT2D eigenvalue weighted by atomic mass is 9.94. The number of ether oxygens (including phenoxy) is 1. The number of hydrogen-bond donors (Lipinski definition) is 0. The first-order chi connectivity index (χ1) is 16.5. The second-order valence-corrected chi connectivity index (χ2v) is 11.2. The SMILES string of the molecule is C=C(C)C(=O)OCC(CCCCCCCCCCCC)CCCCCCCC(C)CCCCC. The molecule has 0 aliphatic heterocycles. The quantitative estimate of drug-likeness (QED) is 0.0701. The summed E-state index contributed by atoms with van der Waals surface area (Å²) in [5.41, 5.74) is 0.515. The van der Waals surface area contributed by atoms with Crippen LogP contribution in [0.4, 0.5) is 0 Å². The fourth-order valence-electron chi connectivity index (χ4n) is 4.89. The van der Waals surface area contributed by atoms with Gasteiger partial charge < -0.3 is 4.74 Å². The molecule has 0 fully saturated rings. The number of carbonyl (C=O) groups excluding carboxylic acids is 1. The van der Waals surface area contributed by atoms with Gasteiger partial charge in [0.25, 0.3) is 0 Å². The molecule has 0 aromatic rings. The molecule has 2 heteroatoms. The van der Waals surface area contributed by atoms with E-state index in [2.05, 4.69) is 27.4 Å². The van der Waals surface area contributed by atoms with Crippen molar-refractivity contribution in [1.29, 1.82) is 0 Å². The molecule has 0 aromatic carbocycles. The first-order valence-electron chi connectivity index (χ1n) is 15.3. The smallest absolute Gasteiger partial charge is 0.333 e. The summed E-state index contributed by atoms with van der Waals surface area (Å²) in [6, 6.07) is 0. The molecule has 202 valence electrons. The second-order valence-electron chi connectivity index (χ2n) is 11.2. The van der Waals surface area contributed by atoms with Crippen LogP contribution in [0.1, 0.15) is 169 Å². The topological polar surface area (TPSA) is 26.3 Å². The zero-order valence-corrected chi connectivity index (χ0v) is 23.9. The monoisotopic (exact) mass is 478 g/mol. The molecule has 0 saturated heterocycles. The van der Waals surface area contributed by atoms with Gasteiger partial charge in [-0.3, -0.25) is 0 Å². The Hall–Kier alpha value is -0.790. The lowest BCUT2D eigenvalue weighted by Crippen LogP contribution is -2.15. The van der Waals surface area contributed by atoms with E-state index in [0.29, 0.717) is 18.1 Å². The largest absolute Gasteiger partial charge is 0.462 e. The summed E-state index contributed by atoms with van der Waals surface area (Å²) < 4.78 is 5.53. The fraction of sp³-hybridized carbons (Fsp3) is 0.906. The molecule has 0 spiro atoms. The minimum absolute atomic E-state index is 0.221. The molecular formula is C32H62O2. The maximum Gasteiger partial charge on any atom is 0.333 e. The van der Waals surface area contributed by atoms with Crippen molar-refractivity contribution in [2.75, 3.05) is 6.61 Å². The average molecular weight is 479 g/mol. The van der Waals surface area contributed by atoms with Crippen molar-refractivity contribution in [1.82, 2.24) is 0 Å². The molecule has 34 heavy (non-hydrogen) atoms. The van der Waals surface area contributed by atoms with E-state index in [4.69, 9.17) is 4.74 Å². The van der Waals surface area contributed by atoms with Crippen molar-refractivity contribution in [3.8, 4) is 0 Å².